The van der Waals surface area contributed by atoms with Crippen molar-refractivity contribution in [3.8, 4) is 0 Å². The smallest absolute Gasteiger partial charge is 0.0718 e. The Kier molecular flexibility index (Phi) is 1.99. The molecule has 0 aromatic carbocycles. The molecule has 0 aromatic rings. The van der Waals surface area contributed by atoms with Crippen molar-refractivity contribution < 1.29 is 4.74 Å². The third-order valence-corrected chi connectivity index (χ3v) is 5.45. The van der Waals surface area contributed by atoms with Crippen molar-refractivity contribution in [1.29, 1.82) is 0 Å². The van der Waals surface area contributed by atoms with Crippen LogP contribution in [-0.2, 0) is 4.74 Å². The van der Waals surface area contributed by atoms with Gasteiger partial charge in [0.25, 0.3) is 0 Å². The highest BCUT2D eigenvalue weighted by Crippen LogP contribution is 2.65. The lowest BCUT2D eigenvalue weighted by Crippen LogP contribution is -2.48. The summed E-state index contributed by atoms with van der Waals surface area (Å²) in [5.41, 5.74) is 3.44. The van der Waals surface area contributed by atoms with Crippen molar-refractivity contribution in [1.82, 2.24) is 0 Å². The monoisotopic (exact) mass is 218 g/mol. The van der Waals surface area contributed by atoms with Gasteiger partial charge in [-0.05, 0) is 32.6 Å². The van der Waals surface area contributed by atoms with Crippen molar-refractivity contribution in [3.63, 3.8) is 0 Å². The molecule has 1 nitrogen and oxygen atoms in total. The van der Waals surface area contributed by atoms with E-state index in [-0.39, 0.29) is 10.8 Å². The minimum atomic E-state index is 0.232. The topological polar surface area (TPSA) is 9.23 Å². The van der Waals surface area contributed by atoms with E-state index in [0.29, 0.717) is 12.2 Å². The first-order chi connectivity index (χ1) is 7.48. The molecule has 3 aliphatic rings. The molecule has 0 N–H and O–H groups in total. The number of rotatable bonds is 0. The Balaban J connectivity index is 2.12. The van der Waals surface area contributed by atoms with Crippen LogP contribution < -0.4 is 0 Å². The average Bonchev–Trinajstić information content (AvgIpc) is 2.34. The molecule has 0 aromatic heterocycles. The Bertz CT molecular complexity index is 377. The summed E-state index contributed by atoms with van der Waals surface area (Å²) >= 11 is 0. The fourth-order valence-electron chi connectivity index (χ4n) is 4.30. The highest BCUT2D eigenvalue weighted by atomic mass is 16.5. The Morgan fingerprint density at radius 1 is 1.38 bits per heavy atom. The molecule has 88 valence electrons. The van der Waals surface area contributed by atoms with Crippen molar-refractivity contribution in [2.24, 2.45) is 10.8 Å². The second-order valence-corrected chi connectivity index (χ2v) is 6.41. The molecule has 1 heterocycles. The molecule has 1 aliphatic heterocycles. The highest BCUT2D eigenvalue weighted by Gasteiger charge is 2.64. The maximum Gasteiger partial charge on any atom is 0.0718 e. The van der Waals surface area contributed by atoms with E-state index in [2.05, 4.69) is 33.4 Å². The van der Waals surface area contributed by atoms with Gasteiger partial charge in [-0.15, -0.1) is 0 Å². The number of hydrogen-bond donors (Lipinski definition) is 0. The minimum Gasteiger partial charge on any atom is -0.373 e. The third kappa shape index (κ3) is 1.01. The molecule has 16 heavy (non-hydrogen) atoms. The van der Waals surface area contributed by atoms with E-state index in [1.54, 1.807) is 0 Å². The van der Waals surface area contributed by atoms with Gasteiger partial charge in [0.2, 0.25) is 0 Å². The second-order valence-electron chi connectivity index (χ2n) is 6.41. The van der Waals surface area contributed by atoms with Gasteiger partial charge in [-0.2, -0.15) is 0 Å². The standard InChI is InChI=1S/C15H22O/c1-10-7-8-15-11(2)5-6-12(14(15,3)4)16-13(15)9-10/h7,12-13H,2,5-6,8-9H2,1,3-4H3/t12-,13-,15-/m0/s1. The quantitative estimate of drug-likeness (QED) is 0.561. The van der Waals surface area contributed by atoms with Crippen LogP contribution in [0.2, 0.25) is 0 Å². The van der Waals surface area contributed by atoms with E-state index < -0.39 is 0 Å². The maximum atomic E-state index is 6.33. The summed E-state index contributed by atoms with van der Waals surface area (Å²) in [6.07, 6.45) is 7.85. The van der Waals surface area contributed by atoms with Crippen LogP contribution in [0.15, 0.2) is 23.8 Å². The van der Waals surface area contributed by atoms with E-state index in [1.165, 1.54) is 17.6 Å². The molecule has 2 bridgehead atoms. The van der Waals surface area contributed by atoms with Gasteiger partial charge in [0.1, 0.15) is 0 Å². The zero-order valence-corrected chi connectivity index (χ0v) is 10.7. The summed E-state index contributed by atoms with van der Waals surface area (Å²) in [7, 11) is 0. The fourth-order valence-corrected chi connectivity index (χ4v) is 4.30. The van der Waals surface area contributed by atoms with Gasteiger partial charge in [0.05, 0.1) is 12.2 Å². The van der Waals surface area contributed by atoms with Crippen LogP contribution in [0.5, 0.6) is 0 Å². The fraction of sp³-hybridized carbons (Fsp3) is 0.733. The Morgan fingerprint density at radius 3 is 2.88 bits per heavy atom. The molecule has 2 fully saturated rings. The molecule has 0 unspecified atom stereocenters. The molecule has 1 saturated carbocycles. The van der Waals surface area contributed by atoms with E-state index in [1.807, 2.05) is 0 Å². The van der Waals surface area contributed by atoms with Gasteiger partial charge in [0.15, 0.2) is 0 Å². The van der Waals surface area contributed by atoms with Crippen molar-refractivity contribution in [2.45, 2.75) is 58.7 Å². The third-order valence-electron chi connectivity index (χ3n) is 5.45. The summed E-state index contributed by atoms with van der Waals surface area (Å²) in [6, 6.07) is 0. The molecule has 2 aliphatic carbocycles. The van der Waals surface area contributed by atoms with Gasteiger partial charge in [0, 0.05) is 10.8 Å². The first kappa shape index (κ1) is 10.6. The summed E-state index contributed by atoms with van der Waals surface area (Å²) in [5, 5.41) is 0. The highest BCUT2D eigenvalue weighted by molar-refractivity contribution is 5.32. The lowest BCUT2D eigenvalue weighted by atomic mass is 9.51. The summed E-state index contributed by atoms with van der Waals surface area (Å²) in [4.78, 5) is 0. The Labute approximate surface area is 98.6 Å². The first-order valence-electron chi connectivity index (χ1n) is 6.48. The van der Waals surface area contributed by atoms with Crippen LogP contribution in [0.25, 0.3) is 0 Å². The summed E-state index contributed by atoms with van der Waals surface area (Å²) in [5.74, 6) is 0. The van der Waals surface area contributed by atoms with Crippen LogP contribution in [0, 0.1) is 10.8 Å². The minimum absolute atomic E-state index is 0.232. The van der Waals surface area contributed by atoms with Gasteiger partial charge < -0.3 is 4.74 Å². The van der Waals surface area contributed by atoms with Crippen LogP contribution in [0.4, 0.5) is 0 Å². The van der Waals surface area contributed by atoms with Gasteiger partial charge in [-0.1, -0.05) is 37.6 Å². The normalized spacial score (nSPS) is 45.2. The molecule has 1 spiro atoms. The van der Waals surface area contributed by atoms with E-state index in [4.69, 9.17) is 4.74 Å². The van der Waals surface area contributed by atoms with E-state index in [0.717, 1.165) is 19.3 Å². The molecule has 1 saturated heterocycles. The average molecular weight is 218 g/mol. The van der Waals surface area contributed by atoms with Crippen molar-refractivity contribution >= 4 is 0 Å². The van der Waals surface area contributed by atoms with Gasteiger partial charge in [-0.3, -0.25) is 0 Å². The molecule has 0 amide bonds. The molecular weight excluding hydrogens is 196 g/mol. The van der Waals surface area contributed by atoms with E-state index >= 15 is 0 Å². The van der Waals surface area contributed by atoms with Crippen LogP contribution >= 0.6 is 0 Å². The molecule has 3 rings (SSSR count). The summed E-state index contributed by atoms with van der Waals surface area (Å²) in [6.45, 7) is 11.4. The predicted molar refractivity (Wildman–Crippen MR) is 66.2 cm³/mol. The van der Waals surface area contributed by atoms with E-state index in [9.17, 15) is 0 Å². The van der Waals surface area contributed by atoms with Gasteiger partial charge in [-0.25, -0.2) is 0 Å². The molecule has 1 heteroatoms. The number of hydrogen-bond acceptors (Lipinski definition) is 1. The Morgan fingerprint density at radius 2 is 2.12 bits per heavy atom. The zero-order valence-electron chi connectivity index (χ0n) is 10.7. The SMILES string of the molecule is C=C1CC[C@@H]2O[C@H]3CC(C)=CC[C@]13C2(C)C. The first-order valence-corrected chi connectivity index (χ1v) is 6.48. The van der Waals surface area contributed by atoms with Crippen LogP contribution in [0.1, 0.15) is 46.5 Å². The predicted octanol–water partition coefficient (Wildman–Crippen LogP) is 3.86. The molecule has 0 radical (unpaired) electrons. The number of ether oxygens (including phenoxy) is 1. The van der Waals surface area contributed by atoms with Crippen molar-refractivity contribution in [3.05, 3.63) is 23.8 Å². The van der Waals surface area contributed by atoms with Gasteiger partial charge >= 0.3 is 0 Å². The van der Waals surface area contributed by atoms with Crippen LogP contribution in [-0.4, -0.2) is 12.2 Å². The summed E-state index contributed by atoms with van der Waals surface area (Å²) < 4.78 is 6.33. The second kappa shape index (κ2) is 3.01. The zero-order chi connectivity index (χ0) is 11.6. The van der Waals surface area contributed by atoms with Crippen LogP contribution in [0.3, 0.4) is 0 Å². The number of allylic oxidation sites excluding steroid dienone is 1. The number of fused-ring (bicyclic) bond motifs is 1. The molecule has 3 atom stereocenters. The molecular formula is C15H22O. The largest absolute Gasteiger partial charge is 0.373 e. The Hall–Kier alpha value is -0.560. The van der Waals surface area contributed by atoms with Crippen molar-refractivity contribution in [2.75, 3.05) is 0 Å². The lowest BCUT2D eigenvalue weighted by molar-refractivity contribution is 0.0159. The maximum absolute atomic E-state index is 6.33. The lowest BCUT2D eigenvalue weighted by Gasteiger charge is -2.50.